The first-order chi connectivity index (χ1) is 6.68. The highest BCUT2D eigenvalue weighted by Gasteiger charge is 2.31. The van der Waals surface area contributed by atoms with Gasteiger partial charge in [-0.25, -0.2) is 0 Å². The van der Waals surface area contributed by atoms with Crippen molar-refractivity contribution in [2.24, 2.45) is 11.8 Å². The average Bonchev–Trinajstić information content (AvgIpc) is 2.73. The number of rotatable bonds is 2. The Morgan fingerprint density at radius 3 is 2.71 bits per heavy atom. The molecule has 2 nitrogen and oxygen atoms in total. The van der Waals surface area contributed by atoms with Crippen LogP contribution in [0.2, 0.25) is 0 Å². The van der Waals surface area contributed by atoms with Crippen molar-refractivity contribution in [1.82, 2.24) is 0 Å². The van der Waals surface area contributed by atoms with Gasteiger partial charge in [-0.15, -0.1) is 0 Å². The highest BCUT2D eigenvalue weighted by molar-refractivity contribution is 5.95. The summed E-state index contributed by atoms with van der Waals surface area (Å²) in [5.41, 5.74) is 0. The molecule has 1 saturated carbocycles. The zero-order valence-electron chi connectivity index (χ0n) is 8.75. The second-order valence-electron chi connectivity index (χ2n) is 4.29. The van der Waals surface area contributed by atoms with Crippen molar-refractivity contribution < 1.29 is 9.21 Å². The van der Waals surface area contributed by atoms with Crippen molar-refractivity contribution in [2.45, 2.75) is 33.1 Å². The minimum absolute atomic E-state index is 0.195. The molecule has 1 aromatic heterocycles. The summed E-state index contributed by atoms with van der Waals surface area (Å²) in [6, 6.07) is 3.65. The lowest BCUT2D eigenvalue weighted by Gasteiger charge is -2.11. The van der Waals surface area contributed by atoms with Crippen LogP contribution in [0.4, 0.5) is 0 Å². The van der Waals surface area contributed by atoms with Crippen molar-refractivity contribution in [3.8, 4) is 0 Å². The number of hydrogen-bond acceptors (Lipinski definition) is 2. The van der Waals surface area contributed by atoms with E-state index in [4.69, 9.17) is 4.42 Å². The molecule has 1 heterocycles. The minimum atomic E-state index is 0.195. The molecule has 0 aliphatic heterocycles. The first-order valence-electron chi connectivity index (χ1n) is 5.29. The van der Waals surface area contributed by atoms with Gasteiger partial charge >= 0.3 is 0 Å². The molecule has 1 aliphatic rings. The van der Waals surface area contributed by atoms with E-state index in [2.05, 4.69) is 6.92 Å². The molecule has 1 fully saturated rings. The van der Waals surface area contributed by atoms with Crippen LogP contribution in [-0.2, 0) is 0 Å². The predicted molar refractivity (Wildman–Crippen MR) is 54.3 cm³/mol. The molecular weight excluding hydrogens is 176 g/mol. The molecule has 0 N–H and O–H groups in total. The van der Waals surface area contributed by atoms with Gasteiger partial charge in [-0.1, -0.05) is 13.3 Å². The number of ketones is 1. The van der Waals surface area contributed by atoms with E-state index >= 15 is 0 Å². The van der Waals surface area contributed by atoms with Gasteiger partial charge in [0.1, 0.15) is 5.76 Å². The summed E-state index contributed by atoms with van der Waals surface area (Å²) in [4.78, 5) is 12.0. The number of aryl methyl sites for hydroxylation is 1. The van der Waals surface area contributed by atoms with Gasteiger partial charge in [0.05, 0.1) is 0 Å². The predicted octanol–water partition coefficient (Wildman–Crippen LogP) is 3.21. The second-order valence-corrected chi connectivity index (χ2v) is 4.29. The Balaban J connectivity index is 2.15. The topological polar surface area (TPSA) is 30.2 Å². The fourth-order valence-electron chi connectivity index (χ4n) is 2.28. The summed E-state index contributed by atoms with van der Waals surface area (Å²) in [5.74, 6) is 2.27. The summed E-state index contributed by atoms with van der Waals surface area (Å²) in [6.45, 7) is 4.03. The number of hydrogen-bond donors (Lipinski definition) is 0. The van der Waals surface area contributed by atoms with Gasteiger partial charge in [0.25, 0.3) is 0 Å². The molecule has 1 aromatic rings. The first kappa shape index (κ1) is 9.50. The van der Waals surface area contributed by atoms with Gasteiger partial charge in [-0.2, -0.15) is 0 Å². The minimum Gasteiger partial charge on any atom is -0.458 e. The molecule has 14 heavy (non-hydrogen) atoms. The Labute approximate surface area is 84.3 Å². The Bertz CT molecular complexity index is 338. The number of furan rings is 1. The van der Waals surface area contributed by atoms with E-state index in [1.165, 1.54) is 12.8 Å². The van der Waals surface area contributed by atoms with Crippen molar-refractivity contribution >= 4 is 5.78 Å². The summed E-state index contributed by atoms with van der Waals surface area (Å²) in [6.07, 6.45) is 3.38. The molecule has 0 saturated heterocycles. The molecule has 0 aromatic carbocycles. The van der Waals surface area contributed by atoms with Crippen LogP contribution in [-0.4, -0.2) is 5.78 Å². The Kier molecular flexibility index (Phi) is 2.44. The summed E-state index contributed by atoms with van der Waals surface area (Å²) < 4.78 is 5.36. The quantitative estimate of drug-likeness (QED) is 0.673. The average molecular weight is 192 g/mol. The largest absolute Gasteiger partial charge is 0.458 e. The highest BCUT2D eigenvalue weighted by Crippen LogP contribution is 2.33. The fourth-order valence-corrected chi connectivity index (χ4v) is 2.28. The molecule has 2 unspecified atom stereocenters. The van der Waals surface area contributed by atoms with E-state index in [9.17, 15) is 4.79 Å². The fraction of sp³-hybridized carbons (Fsp3) is 0.583. The second kappa shape index (κ2) is 3.60. The molecular formula is C12H16O2. The van der Waals surface area contributed by atoms with Gasteiger partial charge in [0.2, 0.25) is 5.78 Å². The standard InChI is InChI=1S/C12H16O2/c1-8-4-3-5-10(8)12(13)11-7-6-9(2)14-11/h6-8,10H,3-5H2,1-2H3. The third-order valence-corrected chi connectivity index (χ3v) is 3.18. The monoisotopic (exact) mass is 192 g/mol. The first-order valence-corrected chi connectivity index (χ1v) is 5.29. The van der Waals surface area contributed by atoms with Gasteiger partial charge in [-0.3, -0.25) is 4.79 Å². The molecule has 0 spiro atoms. The van der Waals surface area contributed by atoms with E-state index in [0.29, 0.717) is 11.7 Å². The van der Waals surface area contributed by atoms with Gasteiger partial charge in [0, 0.05) is 5.92 Å². The van der Waals surface area contributed by atoms with Crippen LogP contribution in [0.5, 0.6) is 0 Å². The normalized spacial score (nSPS) is 26.7. The van der Waals surface area contributed by atoms with E-state index in [0.717, 1.165) is 12.2 Å². The third-order valence-electron chi connectivity index (χ3n) is 3.18. The number of Topliss-reactive ketones (excluding diaryl/α,β-unsaturated/α-hetero) is 1. The molecule has 0 radical (unpaired) electrons. The van der Waals surface area contributed by atoms with Crippen LogP contribution < -0.4 is 0 Å². The molecule has 2 heteroatoms. The molecule has 0 amide bonds. The summed E-state index contributed by atoms with van der Waals surface area (Å²) >= 11 is 0. The highest BCUT2D eigenvalue weighted by atomic mass is 16.3. The van der Waals surface area contributed by atoms with Gasteiger partial charge < -0.3 is 4.42 Å². The van der Waals surface area contributed by atoms with Gasteiger partial charge in [-0.05, 0) is 37.8 Å². The molecule has 0 bridgehead atoms. The third kappa shape index (κ3) is 1.61. The lowest BCUT2D eigenvalue weighted by atomic mass is 9.92. The number of carbonyl (C=O) groups is 1. The lowest BCUT2D eigenvalue weighted by molar-refractivity contribution is 0.0867. The van der Waals surface area contributed by atoms with E-state index in [-0.39, 0.29) is 11.7 Å². The molecule has 1 aliphatic carbocycles. The smallest absolute Gasteiger partial charge is 0.201 e. The van der Waals surface area contributed by atoms with Gasteiger partial charge in [0.15, 0.2) is 5.76 Å². The van der Waals surface area contributed by atoms with Crippen LogP contribution in [0.3, 0.4) is 0 Å². The van der Waals surface area contributed by atoms with Crippen molar-refractivity contribution in [3.63, 3.8) is 0 Å². The molecule has 76 valence electrons. The summed E-state index contributed by atoms with van der Waals surface area (Å²) in [5, 5.41) is 0. The molecule has 2 rings (SSSR count). The van der Waals surface area contributed by atoms with E-state index in [1.54, 1.807) is 6.07 Å². The van der Waals surface area contributed by atoms with Crippen LogP contribution in [0, 0.1) is 18.8 Å². The van der Waals surface area contributed by atoms with Crippen LogP contribution in [0.15, 0.2) is 16.5 Å². The Hall–Kier alpha value is -1.05. The number of carbonyl (C=O) groups excluding carboxylic acids is 1. The van der Waals surface area contributed by atoms with E-state index in [1.807, 2.05) is 13.0 Å². The van der Waals surface area contributed by atoms with Crippen LogP contribution in [0.1, 0.15) is 42.5 Å². The maximum atomic E-state index is 12.0. The SMILES string of the molecule is Cc1ccc(C(=O)C2CCCC2C)o1. The lowest BCUT2D eigenvalue weighted by Crippen LogP contribution is -2.16. The van der Waals surface area contributed by atoms with Crippen molar-refractivity contribution in [3.05, 3.63) is 23.7 Å². The summed E-state index contributed by atoms with van der Waals surface area (Å²) in [7, 11) is 0. The maximum Gasteiger partial charge on any atom is 0.201 e. The van der Waals surface area contributed by atoms with Crippen LogP contribution >= 0.6 is 0 Å². The Morgan fingerprint density at radius 1 is 1.43 bits per heavy atom. The zero-order valence-corrected chi connectivity index (χ0v) is 8.75. The van der Waals surface area contributed by atoms with Crippen molar-refractivity contribution in [1.29, 1.82) is 0 Å². The Morgan fingerprint density at radius 2 is 2.21 bits per heavy atom. The molecule has 2 atom stereocenters. The maximum absolute atomic E-state index is 12.0. The van der Waals surface area contributed by atoms with Crippen molar-refractivity contribution in [2.75, 3.05) is 0 Å². The zero-order chi connectivity index (χ0) is 10.1. The van der Waals surface area contributed by atoms with E-state index < -0.39 is 0 Å². The van der Waals surface area contributed by atoms with Crippen LogP contribution in [0.25, 0.3) is 0 Å².